The predicted octanol–water partition coefficient (Wildman–Crippen LogP) is 2.22. The Morgan fingerprint density at radius 2 is 2.29 bits per heavy atom. The molecule has 1 atom stereocenters. The van der Waals surface area contributed by atoms with Gasteiger partial charge in [0.05, 0.1) is 10.6 Å². The van der Waals surface area contributed by atoms with Crippen molar-refractivity contribution >= 4 is 23.1 Å². The van der Waals surface area contributed by atoms with Crippen LogP contribution in [0.2, 0.25) is 0 Å². The molecule has 1 amide bonds. The number of anilines is 1. The van der Waals surface area contributed by atoms with Gasteiger partial charge in [0.1, 0.15) is 5.82 Å². The van der Waals surface area contributed by atoms with Crippen LogP contribution in [-0.4, -0.2) is 33.9 Å². The summed E-state index contributed by atoms with van der Waals surface area (Å²) in [5.41, 5.74) is 6.70. The van der Waals surface area contributed by atoms with E-state index in [1.165, 1.54) is 11.3 Å². The van der Waals surface area contributed by atoms with Gasteiger partial charge in [0, 0.05) is 25.5 Å². The number of piperidine rings is 1. The molecule has 0 saturated carbocycles. The molecule has 0 aliphatic carbocycles. The molecule has 2 aromatic heterocycles. The standard InChI is InChI=1S/C15H18N4OS/c16-14-12(17-5-6-18-14)9-11-3-1-7-19(10-11)15(20)13-4-2-8-21-13/h2,4-6,8,11H,1,3,7,9-10H2,(H2,16,18)/t11-/m1/s1. The summed E-state index contributed by atoms with van der Waals surface area (Å²) < 4.78 is 0. The van der Waals surface area contributed by atoms with E-state index < -0.39 is 0 Å². The second-order valence-corrected chi connectivity index (χ2v) is 6.28. The molecule has 0 spiro atoms. The summed E-state index contributed by atoms with van der Waals surface area (Å²) >= 11 is 1.50. The number of nitrogens with zero attached hydrogens (tertiary/aromatic N) is 3. The van der Waals surface area contributed by atoms with Gasteiger partial charge in [-0.25, -0.2) is 4.98 Å². The van der Waals surface area contributed by atoms with Gasteiger partial charge in [-0.2, -0.15) is 0 Å². The third-order valence-electron chi connectivity index (χ3n) is 3.83. The molecule has 1 fully saturated rings. The molecule has 6 heteroatoms. The fourth-order valence-electron chi connectivity index (χ4n) is 2.78. The minimum absolute atomic E-state index is 0.141. The van der Waals surface area contributed by atoms with Crippen LogP contribution in [0, 0.1) is 5.92 Å². The fraction of sp³-hybridized carbons (Fsp3) is 0.400. The lowest BCUT2D eigenvalue weighted by Crippen LogP contribution is -2.40. The first kappa shape index (κ1) is 14.0. The number of hydrogen-bond acceptors (Lipinski definition) is 5. The summed E-state index contributed by atoms with van der Waals surface area (Å²) in [4.78, 5) is 23.6. The molecule has 110 valence electrons. The molecule has 1 aliphatic heterocycles. The van der Waals surface area contributed by atoms with E-state index in [1.807, 2.05) is 22.4 Å². The highest BCUT2D eigenvalue weighted by Gasteiger charge is 2.25. The summed E-state index contributed by atoms with van der Waals surface area (Å²) in [6, 6.07) is 3.80. The normalized spacial score (nSPS) is 18.7. The zero-order chi connectivity index (χ0) is 14.7. The van der Waals surface area contributed by atoms with Gasteiger partial charge in [-0.05, 0) is 36.6 Å². The highest BCUT2D eigenvalue weighted by atomic mass is 32.1. The number of likely N-dealkylation sites (tertiary alicyclic amines) is 1. The number of nitrogen functional groups attached to an aromatic ring is 1. The van der Waals surface area contributed by atoms with E-state index in [1.54, 1.807) is 12.4 Å². The van der Waals surface area contributed by atoms with Crippen LogP contribution >= 0.6 is 11.3 Å². The topological polar surface area (TPSA) is 72.1 Å². The molecule has 2 N–H and O–H groups in total. The van der Waals surface area contributed by atoms with Crippen LogP contribution in [-0.2, 0) is 6.42 Å². The lowest BCUT2D eigenvalue weighted by Gasteiger charge is -2.32. The van der Waals surface area contributed by atoms with Crippen molar-refractivity contribution in [3.8, 4) is 0 Å². The van der Waals surface area contributed by atoms with Crippen molar-refractivity contribution in [3.63, 3.8) is 0 Å². The largest absolute Gasteiger partial charge is 0.382 e. The first-order valence-corrected chi connectivity index (χ1v) is 8.00. The highest BCUT2D eigenvalue weighted by Crippen LogP contribution is 2.23. The van der Waals surface area contributed by atoms with Crippen molar-refractivity contribution in [2.75, 3.05) is 18.8 Å². The maximum Gasteiger partial charge on any atom is 0.263 e. The number of rotatable bonds is 3. The maximum atomic E-state index is 12.4. The van der Waals surface area contributed by atoms with Gasteiger partial charge in [0.25, 0.3) is 5.91 Å². The van der Waals surface area contributed by atoms with Crippen molar-refractivity contribution in [2.24, 2.45) is 5.92 Å². The summed E-state index contributed by atoms with van der Waals surface area (Å²) in [7, 11) is 0. The molecule has 3 rings (SSSR count). The monoisotopic (exact) mass is 302 g/mol. The van der Waals surface area contributed by atoms with Crippen LogP contribution in [0.15, 0.2) is 29.9 Å². The van der Waals surface area contributed by atoms with Crippen molar-refractivity contribution in [1.82, 2.24) is 14.9 Å². The maximum absolute atomic E-state index is 12.4. The lowest BCUT2D eigenvalue weighted by molar-refractivity contribution is 0.0678. The van der Waals surface area contributed by atoms with E-state index in [-0.39, 0.29) is 5.91 Å². The molecule has 0 unspecified atom stereocenters. The van der Waals surface area contributed by atoms with Gasteiger partial charge >= 0.3 is 0 Å². The molecule has 1 aliphatic rings. The Hall–Kier alpha value is -1.95. The average Bonchev–Trinajstić information content (AvgIpc) is 3.03. The highest BCUT2D eigenvalue weighted by molar-refractivity contribution is 7.12. The van der Waals surface area contributed by atoms with Crippen LogP contribution in [0.1, 0.15) is 28.2 Å². The summed E-state index contributed by atoms with van der Waals surface area (Å²) in [5, 5.41) is 1.94. The zero-order valence-electron chi connectivity index (χ0n) is 11.7. The van der Waals surface area contributed by atoms with Crippen LogP contribution < -0.4 is 5.73 Å². The lowest BCUT2D eigenvalue weighted by atomic mass is 9.93. The number of nitrogens with two attached hydrogens (primary N) is 1. The van der Waals surface area contributed by atoms with E-state index in [4.69, 9.17) is 5.73 Å². The molecule has 21 heavy (non-hydrogen) atoms. The third kappa shape index (κ3) is 3.21. The fourth-order valence-corrected chi connectivity index (χ4v) is 3.47. The van der Waals surface area contributed by atoms with Gasteiger partial charge in [0.15, 0.2) is 0 Å². The summed E-state index contributed by atoms with van der Waals surface area (Å²) in [6.45, 7) is 1.61. The number of carbonyl (C=O) groups is 1. The molecular weight excluding hydrogens is 284 g/mol. The molecule has 3 heterocycles. The Morgan fingerprint density at radius 1 is 1.43 bits per heavy atom. The number of amides is 1. The minimum Gasteiger partial charge on any atom is -0.382 e. The molecule has 0 radical (unpaired) electrons. The van der Waals surface area contributed by atoms with Crippen LogP contribution in [0.4, 0.5) is 5.82 Å². The average molecular weight is 302 g/mol. The molecule has 0 bridgehead atoms. The number of carbonyl (C=O) groups excluding carboxylic acids is 1. The Balaban J connectivity index is 1.66. The van der Waals surface area contributed by atoms with Crippen molar-refractivity contribution < 1.29 is 4.79 Å². The summed E-state index contributed by atoms with van der Waals surface area (Å²) in [6.07, 6.45) is 6.19. The van der Waals surface area contributed by atoms with E-state index >= 15 is 0 Å². The third-order valence-corrected chi connectivity index (χ3v) is 4.68. The molecular formula is C15H18N4OS. The Kier molecular flexibility index (Phi) is 4.15. The Labute approximate surface area is 127 Å². The summed E-state index contributed by atoms with van der Waals surface area (Å²) in [5.74, 6) is 1.04. The van der Waals surface area contributed by atoms with E-state index in [9.17, 15) is 4.79 Å². The predicted molar refractivity (Wildman–Crippen MR) is 83.1 cm³/mol. The van der Waals surface area contributed by atoms with Gasteiger partial charge in [0.2, 0.25) is 0 Å². The Bertz CT molecular complexity index is 614. The second kappa shape index (κ2) is 6.22. The van der Waals surface area contributed by atoms with Crippen LogP contribution in [0.3, 0.4) is 0 Å². The zero-order valence-corrected chi connectivity index (χ0v) is 12.6. The first-order valence-electron chi connectivity index (χ1n) is 7.12. The van der Waals surface area contributed by atoms with Crippen LogP contribution in [0.5, 0.6) is 0 Å². The van der Waals surface area contributed by atoms with Gasteiger partial charge < -0.3 is 10.6 Å². The first-order chi connectivity index (χ1) is 10.2. The van der Waals surface area contributed by atoms with Crippen LogP contribution in [0.25, 0.3) is 0 Å². The molecule has 2 aromatic rings. The number of aromatic nitrogens is 2. The van der Waals surface area contributed by atoms with Crippen molar-refractivity contribution in [2.45, 2.75) is 19.3 Å². The van der Waals surface area contributed by atoms with Gasteiger partial charge in [-0.15, -0.1) is 11.3 Å². The van der Waals surface area contributed by atoms with Gasteiger partial charge in [-0.3, -0.25) is 9.78 Å². The van der Waals surface area contributed by atoms with E-state index in [2.05, 4.69) is 9.97 Å². The van der Waals surface area contributed by atoms with E-state index in [0.29, 0.717) is 11.7 Å². The quantitative estimate of drug-likeness (QED) is 0.943. The number of thiophene rings is 1. The minimum atomic E-state index is 0.141. The van der Waals surface area contributed by atoms with Gasteiger partial charge in [-0.1, -0.05) is 6.07 Å². The molecule has 0 aromatic carbocycles. The Morgan fingerprint density at radius 3 is 3.05 bits per heavy atom. The van der Waals surface area contributed by atoms with Crippen molar-refractivity contribution in [3.05, 3.63) is 40.5 Å². The van der Waals surface area contributed by atoms with Crippen molar-refractivity contribution in [1.29, 1.82) is 0 Å². The second-order valence-electron chi connectivity index (χ2n) is 5.33. The SMILES string of the molecule is Nc1nccnc1C[C@H]1CCCN(C(=O)c2cccs2)C1. The molecule has 1 saturated heterocycles. The smallest absolute Gasteiger partial charge is 0.263 e. The number of hydrogen-bond donors (Lipinski definition) is 1. The van der Waals surface area contributed by atoms with E-state index in [0.717, 1.165) is 42.9 Å². The molecule has 5 nitrogen and oxygen atoms in total.